The van der Waals surface area contributed by atoms with Crippen molar-refractivity contribution in [3.05, 3.63) is 70.8 Å². The standard InChI is InChI=1S/C23H29NO3/c1-4-26-23(25)24-15-13-21(14-16-24)27-22(19-9-5-17(2)6-10-19)20-11-7-18(3)8-12-20/h5-12,21-22H,4,13-16H2,1-3H3. The number of benzene rings is 2. The van der Waals surface area contributed by atoms with Crippen LogP contribution in [0.3, 0.4) is 0 Å². The summed E-state index contributed by atoms with van der Waals surface area (Å²) < 4.78 is 11.7. The zero-order chi connectivity index (χ0) is 19.2. The van der Waals surface area contributed by atoms with E-state index >= 15 is 0 Å². The average molecular weight is 367 g/mol. The summed E-state index contributed by atoms with van der Waals surface area (Å²) in [7, 11) is 0. The smallest absolute Gasteiger partial charge is 0.409 e. The van der Waals surface area contributed by atoms with Crippen LogP contribution in [0.4, 0.5) is 4.79 Å². The third-order valence-electron chi connectivity index (χ3n) is 5.06. The third-order valence-corrected chi connectivity index (χ3v) is 5.06. The lowest BCUT2D eigenvalue weighted by molar-refractivity contribution is -0.0260. The number of ether oxygens (including phenoxy) is 2. The first-order chi connectivity index (χ1) is 13.1. The number of hydrogen-bond donors (Lipinski definition) is 0. The summed E-state index contributed by atoms with van der Waals surface area (Å²) in [6, 6.07) is 17.1. The van der Waals surface area contributed by atoms with Crippen LogP contribution < -0.4 is 0 Å². The highest BCUT2D eigenvalue weighted by molar-refractivity contribution is 5.67. The topological polar surface area (TPSA) is 38.8 Å². The molecule has 1 saturated heterocycles. The van der Waals surface area contributed by atoms with Crippen LogP contribution in [0, 0.1) is 13.8 Å². The van der Waals surface area contributed by atoms with Gasteiger partial charge in [0.15, 0.2) is 0 Å². The predicted octanol–water partition coefficient (Wildman–Crippen LogP) is 5.03. The molecule has 0 unspecified atom stereocenters. The molecule has 1 aliphatic heterocycles. The van der Waals surface area contributed by atoms with E-state index in [2.05, 4.69) is 62.4 Å². The van der Waals surface area contributed by atoms with Gasteiger partial charge >= 0.3 is 6.09 Å². The Morgan fingerprint density at radius 1 is 0.963 bits per heavy atom. The second-order valence-corrected chi connectivity index (χ2v) is 7.22. The maximum absolute atomic E-state index is 11.9. The molecule has 1 amide bonds. The van der Waals surface area contributed by atoms with E-state index in [-0.39, 0.29) is 18.3 Å². The maximum atomic E-state index is 11.9. The van der Waals surface area contributed by atoms with Crippen LogP contribution in [-0.2, 0) is 9.47 Å². The van der Waals surface area contributed by atoms with Crippen molar-refractivity contribution in [3.63, 3.8) is 0 Å². The van der Waals surface area contributed by atoms with Crippen LogP contribution in [0.1, 0.15) is 48.1 Å². The van der Waals surface area contributed by atoms with Gasteiger partial charge in [0.1, 0.15) is 6.10 Å². The average Bonchev–Trinajstić information content (AvgIpc) is 2.68. The zero-order valence-corrected chi connectivity index (χ0v) is 16.5. The van der Waals surface area contributed by atoms with Crippen molar-refractivity contribution >= 4 is 6.09 Å². The van der Waals surface area contributed by atoms with Crippen LogP contribution in [0.25, 0.3) is 0 Å². The van der Waals surface area contributed by atoms with Gasteiger partial charge in [0.05, 0.1) is 12.7 Å². The summed E-state index contributed by atoms with van der Waals surface area (Å²) in [4.78, 5) is 13.7. The van der Waals surface area contributed by atoms with Crippen molar-refractivity contribution in [2.24, 2.45) is 0 Å². The van der Waals surface area contributed by atoms with Gasteiger partial charge < -0.3 is 14.4 Å². The molecule has 0 radical (unpaired) electrons. The van der Waals surface area contributed by atoms with Crippen molar-refractivity contribution in [2.45, 2.75) is 45.8 Å². The number of carbonyl (C=O) groups excluding carboxylic acids is 1. The lowest BCUT2D eigenvalue weighted by Crippen LogP contribution is -2.41. The van der Waals surface area contributed by atoms with E-state index in [0.717, 1.165) is 24.0 Å². The molecule has 1 fully saturated rings. The molecular formula is C23H29NO3. The van der Waals surface area contributed by atoms with Crippen LogP contribution in [0.2, 0.25) is 0 Å². The maximum Gasteiger partial charge on any atom is 0.409 e. The molecule has 4 heteroatoms. The van der Waals surface area contributed by atoms with E-state index < -0.39 is 0 Å². The lowest BCUT2D eigenvalue weighted by Gasteiger charge is -2.33. The number of carbonyl (C=O) groups is 1. The fourth-order valence-electron chi connectivity index (χ4n) is 3.41. The van der Waals surface area contributed by atoms with Gasteiger partial charge in [-0.25, -0.2) is 4.79 Å². The summed E-state index contributed by atoms with van der Waals surface area (Å²) in [5.74, 6) is 0. The minimum absolute atomic E-state index is 0.0923. The van der Waals surface area contributed by atoms with Crippen LogP contribution >= 0.6 is 0 Å². The first kappa shape index (κ1) is 19.4. The first-order valence-electron chi connectivity index (χ1n) is 9.77. The van der Waals surface area contributed by atoms with Crippen molar-refractivity contribution in [3.8, 4) is 0 Å². The van der Waals surface area contributed by atoms with Gasteiger partial charge in [-0.15, -0.1) is 0 Å². The molecule has 144 valence electrons. The van der Waals surface area contributed by atoms with Crippen LogP contribution in [0.5, 0.6) is 0 Å². The summed E-state index contributed by atoms with van der Waals surface area (Å²) in [5, 5.41) is 0. The number of amides is 1. The van der Waals surface area contributed by atoms with E-state index in [1.165, 1.54) is 11.1 Å². The molecule has 4 nitrogen and oxygen atoms in total. The Morgan fingerprint density at radius 2 is 1.44 bits per heavy atom. The molecule has 2 aromatic rings. The van der Waals surface area contributed by atoms with Gasteiger partial charge in [-0.05, 0) is 44.7 Å². The van der Waals surface area contributed by atoms with Gasteiger partial charge in [0.2, 0.25) is 0 Å². The zero-order valence-electron chi connectivity index (χ0n) is 16.5. The number of hydrogen-bond acceptors (Lipinski definition) is 3. The SMILES string of the molecule is CCOC(=O)N1CCC(OC(c2ccc(C)cc2)c2ccc(C)cc2)CC1. The molecule has 0 aliphatic carbocycles. The Hall–Kier alpha value is -2.33. The van der Waals surface area contributed by atoms with Crippen molar-refractivity contribution < 1.29 is 14.3 Å². The number of likely N-dealkylation sites (tertiary alicyclic amines) is 1. The van der Waals surface area contributed by atoms with Gasteiger partial charge in [0.25, 0.3) is 0 Å². The van der Waals surface area contributed by atoms with Crippen molar-refractivity contribution in [1.82, 2.24) is 4.90 Å². The number of nitrogens with zero attached hydrogens (tertiary/aromatic N) is 1. The van der Waals surface area contributed by atoms with E-state index in [4.69, 9.17) is 9.47 Å². The predicted molar refractivity (Wildman–Crippen MR) is 107 cm³/mol. The second-order valence-electron chi connectivity index (χ2n) is 7.22. The van der Waals surface area contributed by atoms with Crippen LogP contribution in [0.15, 0.2) is 48.5 Å². The van der Waals surface area contributed by atoms with Gasteiger partial charge in [-0.3, -0.25) is 0 Å². The molecule has 0 atom stereocenters. The van der Waals surface area contributed by atoms with Crippen molar-refractivity contribution in [2.75, 3.05) is 19.7 Å². The monoisotopic (exact) mass is 367 g/mol. The summed E-state index contributed by atoms with van der Waals surface area (Å²) in [5.41, 5.74) is 4.81. The van der Waals surface area contributed by atoms with Gasteiger partial charge in [-0.2, -0.15) is 0 Å². The molecule has 1 heterocycles. The third kappa shape index (κ3) is 5.10. The molecule has 0 N–H and O–H groups in total. The molecule has 3 rings (SSSR count). The molecule has 1 aliphatic rings. The molecule has 0 spiro atoms. The Labute approximate surface area is 162 Å². The Morgan fingerprint density at radius 3 is 1.89 bits per heavy atom. The highest BCUT2D eigenvalue weighted by Gasteiger charge is 2.27. The first-order valence-corrected chi connectivity index (χ1v) is 9.77. The fraction of sp³-hybridized carbons (Fsp3) is 0.435. The quantitative estimate of drug-likeness (QED) is 0.744. The molecule has 0 aromatic heterocycles. The Bertz CT molecular complexity index is 686. The highest BCUT2D eigenvalue weighted by atomic mass is 16.6. The Balaban J connectivity index is 1.72. The fourth-order valence-corrected chi connectivity index (χ4v) is 3.41. The molecule has 0 saturated carbocycles. The summed E-state index contributed by atoms with van der Waals surface area (Å²) in [6.07, 6.45) is 1.47. The minimum Gasteiger partial charge on any atom is -0.450 e. The van der Waals surface area contributed by atoms with E-state index in [9.17, 15) is 4.79 Å². The normalized spacial score (nSPS) is 15.2. The highest BCUT2D eigenvalue weighted by Crippen LogP contribution is 2.30. The van der Waals surface area contributed by atoms with E-state index in [1.807, 2.05) is 6.92 Å². The molecular weight excluding hydrogens is 338 g/mol. The van der Waals surface area contributed by atoms with Crippen LogP contribution in [-0.4, -0.2) is 36.8 Å². The number of aryl methyl sites for hydroxylation is 2. The van der Waals surface area contributed by atoms with Gasteiger partial charge in [0, 0.05) is 13.1 Å². The van der Waals surface area contributed by atoms with Crippen molar-refractivity contribution in [1.29, 1.82) is 0 Å². The largest absolute Gasteiger partial charge is 0.450 e. The minimum atomic E-state index is -0.218. The lowest BCUT2D eigenvalue weighted by atomic mass is 9.98. The van der Waals surface area contributed by atoms with Gasteiger partial charge in [-0.1, -0.05) is 59.7 Å². The number of piperidine rings is 1. The molecule has 27 heavy (non-hydrogen) atoms. The van der Waals surface area contributed by atoms with E-state index in [0.29, 0.717) is 19.7 Å². The molecule has 0 bridgehead atoms. The van der Waals surface area contributed by atoms with E-state index in [1.54, 1.807) is 4.90 Å². The second kappa shape index (κ2) is 9.05. The summed E-state index contributed by atoms with van der Waals surface area (Å²) >= 11 is 0. The number of rotatable bonds is 5. The molecule has 2 aromatic carbocycles. The summed E-state index contributed by atoms with van der Waals surface area (Å²) in [6.45, 7) is 7.79. The Kier molecular flexibility index (Phi) is 6.51.